The molecule has 0 saturated carbocycles. The maximum Gasteiger partial charge on any atom is 0.337 e. The molecule has 0 aliphatic heterocycles. The number of aromatic nitrogens is 1. The number of carbonyl (C=O) groups excluding carboxylic acids is 3. The van der Waals surface area contributed by atoms with Crippen molar-refractivity contribution in [1.29, 1.82) is 0 Å². The van der Waals surface area contributed by atoms with E-state index in [9.17, 15) is 14.4 Å². The van der Waals surface area contributed by atoms with Gasteiger partial charge in [0.25, 0.3) is 0 Å². The van der Waals surface area contributed by atoms with E-state index in [1.807, 2.05) is 0 Å². The standard InChI is InChI=1S/C17H19N3O5S/c1-10-7-14(20-25-10)19-16(22)11(2)26-9-15(21)18-13-6-4-5-12(8-13)17(23)24-3/h4-8,11H,9H2,1-3H3,(H,18,21)(H,19,20,22). The first kappa shape index (κ1) is 19.5. The molecule has 0 bridgehead atoms. The highest BCUT2D eigenvalue weighted by Gasteiger charge is 2.17. The summed E-state index contributed by atoms with van der Waals surface area (Å²) in [4.78, 5) is 35.6. The molecule has 1 aromatic heterocycles. The van der Waals surface area contributed by atoms with Crippen LogP contribution < -0.4 is 10.6 Å². The molecular formula is C17H19N3O5S. The molecule has 26 heavy (non-hydrogen) atoms. The van der Waals surface area contributed by atoms with E-state index in [-0.39, 0.29) is 17.6 Å². The first-order valence-electron chi connectivity index (χ1n) is 7.73. The van der Waals surface area contributed by atoms with Crippen molar-refractivity contribution < 1.29 is 23.6 Å². The van der Waals surface area contributed by atoms with Crippen LogP contribution in [0.15, 0.2) is 34.9 Å². The Hall–Kier alpha value is -2.81. The Bertz CT molecular complexity index is 805. The van der Waals surface area contributed by atoms with Crippen molar-refractivity contribution in [2.24, 2.45) is 0 Å². The lowest BCUT2D eigenvalue weighted by Crippen LogP contribution is -2.25. The fraction of sp³-hybridized carbons (Fsp3) is 0.294. The van der Waals surface area contributed by atoms with Gasteiger partial charge in [0.1, 0.15) is 5.76 Å². The summed E-state index contributed by atoms with van der Waals surface area (Å²) >= 11 is 1.18. The minimum atomic E-state index is -0.483. The minimum Gasteiger partial charge on any atom is -0.465 e. The molecule has 0 saturated heterocycles. The molecular weight excluding hydrogens is 358 g/mol. The second kappa shape index (κ2) is 9.04. The quantitative estimate of drug-likeness (QED) is 0.713. The molecule has 2 N–H and O–H groups in total. The molecule has 2 amide bonds. The van der Waals surface area contributed by atoms with Gasteiger partial charge in [-0.2, -0.15) is 0 Å². The monoisotopic (exact) mass is 377 g/mol. The minimum absolute atomic E-state index is 0.0783. The predicted octanol–water partition coefficient (Wildman–Crippen LogP) is 2.47. The van der Waals surface area contributed by atoms with Crippen LogP contribution in [0, 0.1) is 6.92 Å². The summed E-state index contributed by atoms with van der Waals surface area (Å²) in [5, 5.41) is 8.52. The lowest BCUT2D eigenvalue weighted by molar-refractivity contribution is -0.115. The summed E-state index contributed by atoms with van der Waals surface area (Å²) in [6.07, 6.45) is 0. The van der Waals surface area contributed by atoms with Gasteiger partial charge in [0, 0.05) is 11.8 Å². The van der Waals surface area contributed by atoms with Gasteiger partial charge in [0.15, 0.2) is 5.82 Å². The number of aryl methyl sites for hydroxylation is 1. The number of nitrogens with one attached hydrogen (secondary N) is 2. The Balaban J connectivity index is 1.82. The molecule has 9 heteroatoms. The Kier molecular flexibility index (Phi) is 6.79. The summed E-state index contributed by atoms with van der Waals surface area (Å²) in [5.74, 6) is -0.0330. The molecule has 1 heterocycles. The van der Waals surface area contributed by atoms with Crippen molar-refractivity contribution >= 4 is 41.1 Å². The van der Waals surface area contributed by atoms with Gasteiger partial charge in [-0.25, -0.2) is 4.79 Å². The number of amides is 2. The average molecular weight is 377 g/mol. The largest absolute Gasteiger partial charge is 0.465 e. The molecule has 0 aliphatic rings. The van der Waals surface area contributed by atoms with Crippen LogP contribution >= 0.6 is 11.8 Å². The zero-order valence-electron chi connectivity index (χ0n) is 14.6. The molecule has 1 aromatic carbocycles. The third-order valence-electron chi connectivity index (χ3n) is 3.28. The molecule has 0 aliphatic carbocycles. The van der Waals surface area contributed by atoms with Crippen molar-refractivity contribution in [3.05, 3.63) is 41.7 Å². The predicted molar refractivity (Wildman–Crippen MR) is 98.2 cm³/mol. The Morgan fingerprint density at radius 1 is 1.27 bits per heavy atom. The van der Waals surface area contributed by atoms with Gasteiger partial charge in [0.05, 0.1) is 23.7 Å². The number of hydrogen-bond acceptors (Lipinski definition) is 7. The van der Waals surface area contributed by atoms with E-state index in [2.05, 4.69) is 20.5 Å². The third kappa shape index (κ3) is 5.62. The van der Waals surface area contributed by atoms with Crippen molar-refractivity contribution in [2.75, 3.05) is 23.5 Å². The van der Waals surface area contributed by atoms with Gasteiger partial charge in [0.2, 0.25) is 11.8 Å². The maximum absolute atomic E-state index is 12.0. The fourth-order valence-corrected chi connectivity index (χ4v) is 2.65. The van der Waals surface area contributed by atoms with E-state index >= 15 is 0 Å². The van der Waals surface area contributed by atoms with Gasteiger partial charge < -0.3 is 19.9 Å². The van der Waals surface area contributed by atoms with Crippen molar-refractivity contribution in [3.8, 4) is 0 Å². The van der Waals surface area contributed by atoms with Gasteiger partial charge in [-0.15, -0.1) is 11.8 Å². The molecule has 1 unspecified atom stereocenters. The van der Waals surface area contributed by atoms with Crippen LogP contribution in [0.3, 0.4) is 0 Å². The summed E-state index contributed by atoms with van der Waals surface area (Å²) in [5.41, 5.74) is 0.822. The lowest BCUT2D eigenvalue weighted by atomic mass is 10.2. The smallest absolute Gasteiger partial charge is 0.337 e. The van der Waals surface area contributed by atoms with Crippen LogP contribution in [0.4, 0.5) is 11.5 Å². The van der Waals surface area contributed by atoms with Crippen molar-refractivity contribution in [3.63, 3.8) is 0 Å². The highest BCUT2D eigenvalue weighted by Crippen LogP contribution is 2.16. The third-order valence-corrected chi connectivity index (χ3v) is 4.42. The molecule has 8 nitrogen and oxygen atoms in total. The van der Waals surface area contributed by atoms with Crippen LogP contribution in [0.1, 0.15) is 23.0 Å². The van der Waals surface area contributed by atoms with Crippen molar-refractivity contribution in [2.45, 2.75) is 19.1 Å². The van der Waals surface area contributed by atoms with Gasteiger partial charge in [-0.3, -0.25) is 9.59 Å². The SMILES string of the molecule is COC(=O)c1cccc(NC(=O)CSC(C)C(=O)Nc2cc(C)on2)c1. The average Bonchev–Trinajstić information content (AvgIpc) is 3.03. The summed E-state index contributed by atoms with van der Waals surface area (Å²) in [7, 11) is 1.29. The summed E-state index contributed by atoms with van der Waals surface area (Å²) in [6, 6.07) is 8.03. The molecule has 0 radical (unpaired) electrons. The van der Waals surface area contributed by atoms with Crippen LogP contribution in [0.2, 0.25) is 0 Å². The van der Waals surface area contributed by atoms with Crippen LogP contribution in [0.5, 0.6) is 0 Å². The topological polar surface area (TPSA) is 111 Å². The van der Waals surface area contributed by atoms with E-state index in [0.29, 0.717) is 22.8 Å². The Labute approximate surface area is 154 Å². The highest BCUT2D eigenvalue weighted by molar-refractivity contribution is 8.01. The van der Waals surface area contributed by atoms with E-state index < -0.39 is 11.2 Å². The number of rotatable bonds is 7. The van der Waals surface area contributed by atoms with Crippen LogP contribution in [-0.2, 0) is 14.3 Å². The Morgan fingerprint density at radius 2 is 2.04 bits per heavy atom. The normalized spacial score (nSPS) is 11.5. The molecule has 2 aromatic rings. The number of methoxy groups -OCH3 is 1. The van der Waals surface area contributed by atoms with Crippen LogP contribution in [-0.4, -0.2) is 41.1 Å². The number of thioether (sulfide) groups is 1. The van der Waals surface area contributed by atoms with E-state index in [4.69, 9.17) is 4.52 Å². The van der Waals surface area contributed by atoms with Crippen molar-refractivity contribution in [1.82, 2.24) is 5.16 Å². The zero-order valence-corrected chi connectivity index (χ0v) is 15.4. The zero-order chi connectivity index (χ0) is 19.1. The number of nitrogens with zero attached hydrogens (tertiary/aromatic N) is 1. The van der Waals surface area contributed by atoms with E-state index in [1.54, 1.807) is 38.1 Å². The second-order valence-corrected chi connectivity index (χ2v) is 6.71. The molecule has 0 fully saturated rings. The maximum atomic E-state index is 12.0. The molecule has 0 spiro atoms. The number of carbonyl (C=O) groups is 3. The Morgan fingerprint density at radius 3 is 2.69 bits per heavy atom. The summed E-state index contributed by atoms with van der Waals surface area (Å²) in [6.45, 7) is 3.42. The molecule has 1 atom stereocenters. The van der Waals surface area contributed by atoms with E-state index in [0.717, 1.165) is 0 Å². The number of ether oxygens (including phenoxy) is 1. The second-order valence-electron chi connectivity index (χ2n) is 5.39. The fourth-order valence-electron chi connectivity index (χ4n) is 1.97. The van der Waals surface area contributed by atoms with Crippen LogP contribution in [0.25, 0.3) is 0 Å². The first-order valence-corrected chi connectivity index (χ1v) is 8.78. The van der Waals surface area contributed by atoms with Gasteiger partial charge >= 0.3 is 5.97 Å². The molecule has 2 rings (SSSR count). The number of anilines is 2. The highest BCUT2D eigenvalue weighted by atomic mass is 32.2. The van der Waals surface area contributed by atoms with Gasteiger partial charge in [-0.05, 0) is 32.0 Å². The number of hydrogen-bond donors (Lipinski definition) is 2. The summed E-state index contributed by atoms with van der Waals surface area (Å²) < 4.78 is 9.52. The van der Waals surface area contributed by atoms with E-state index in [1.165, 1.54) is 24.9 Å². The van der Waals surface area contributed by atoms with Gasteiger partial charge in [-0.1, -0.05) is 11.2 Å². The lowest BCUT2D eigenvalue weighted by Gasteiger charge is -2.11. The first-order chi connectivity index (χ1) is 12.4. The molecule has 138 valence electrons. The number of benzene rings is 1. The number of esters is 1.